The summed E-state index contributed by atoms with van der Waals surface area (Å²) >= 11 is 0. The third kappa shape index (κ3) is 4.50. The topological polar surface area (TPSA) is 63.1 Å². The Morgan fingerprint density at radius 1 is 1.26 bits per heavy atom. The van der Waals surface area contributed by atoms with Crippen molar-refractivity contribution in [1.29, 1.82) is 0 Å². The van der Waals surface area contributed by atoms with E-state index in [9.17, 15) is 13.6 Å². The molecule has 0 aliphatic carbocycles. The zero-order valence-electron chi connectivity index (χ0n) is 15.7. The van der Waals surface area contributed by atoms with Gasteiger partial charge in [-0.05, 0) is 12.5 Å². The van der Waals surface area contributed by atoms with Crippen LogP contribution in [0, 0.1) is 17.6 Å². The maximum Gasteiger partial charge on any atom is 0.223 e. The predicted octanol–water partition coefficient (Wildman–Crippen LogP) is 2.28. The van der Waals surface area contributed by atoms with Gasteiger partial charge in [-0.1, -0.05) is 26.0 Å². The average molecular weight is 377 g/mol. The minimum atomic E-state index is -0.821. The number of benzene rings is 1. The second kappa shape index (κ2) is 8.56. The van der Waals surface area contributed by atoms with Crippen LogP contribution in [0.4, 0.5) is 8.78 Å². The van der Waals surface area contributed by atoms with Crippen LogP contribution >= 0.6 is 0 Å². The first-order valence-electron chi connectivity index (χ1n) is 9.33. The Morgan fingerprint density at radius 3 is 2.85 bits per heavy atom. The monoisotopic (exact) mass is 377 g/mol. The van der Waals surface area contributed by atoms with Crippen molar-refractivity contribution in [2.24, 2.45) is 5.92 Å². The molecule has 0 saturated heterocycles. The average Bonchev–Trinajstić information content (AvgIpc) is 2.95. The number of fused-ring (bicyclic) bond motifs is 1. The molecule has 27 heavy (non-hydrogen) atoms. The highest BCUT2D eigenvalue weighted by Gasteiger charge is 2.21. The fourth-order valence-electron chi connectivity index (χ4n) is 3.15. The first kappa shape index (κ1) is 19.4. The van der Waals surface area contributed by atoms with Crippen molar-refractivity contribution in [1.82, 2.24) is 25.0 Å². The predicted molar refractivity (Wildman–Crippen MR) is 96.7 cm³/mol. The molecule has 0 unspecified atom stereocenters. The number of carbonyl (C=O) groups is 1. The molecule has 0 fully saturated rings. The number of amides is 1. The Hall–Kier alpha value is -2.35. The SMILES string of the molecule is CC[C@@H](C)C(=O)NCc1nnc2n1CCN(Cc1cccc(F)c1F)CC2. The molecule has 1 atom stereocenters. The number of nitrogens with zero attached hydrogens (tertiary/aromatic N) is 4. The molecule has 0 saturated carbocycles. The Morgan fingerprint density at radius 2 is 2.07 bits per heavy atom. The van der Waals surface area contributed by atoms with Crippen LogP contribution in [0.25, 0.3) is 0 Å². The Kier molecular flexibility index (Phi) is 6.15. The molecule has 3 rings (SSSR count). The first-order chi connectivity index (χ1) is 13.0. The van der Waals surface area contributed by atoms with Crippen LogP contribution in [0.1, 0.15) is 37.5 Å². The van der Waals surface area contributed by atoms with Crippen LogP contribution in [0.5, 0.6) is 0 Å². The van der Waals surface area contributed by atoms with E-state index in [2.05, 4.69) is 20.4 Å². The van der Waals surface area contributed by atoms with E-state index in [1.54, 1.807) is 6.07 Å². The zero-order chi connectivity index (χ0) is 19.4. The van der Waals surface area contributed by atoms with E-state index in [1.807, 2.05) is 18.4 Å². The third-order valence-corrected chi connectivity index (χ3v) is 5.10. The highest BCUT2D eigenvalue weighted by molar-refractivity contribution is 5.78. The molecule has 8 heteroatoms. The summed E-state index contributed by atoms with van der Waals surface area (Å²) in [6.45, 7) is 6.57. The van der Waals surface area contributed by atoms with Crippen LogP contribution in [-0.4, -0.2) is 38.7 Å². The zero-order valence-corrected chi connectivity index (χ0v) is 15.7. The highest BCUT2D eigenvalue weighted by atomic mass is 19.2. The molecule has 2 heterocycles. The lowest BCUT2D eigenvalue weighted by atomic mass is 10.1. The number of hydrogen-bond acceptors (Lipinski definition) is 4. The summed E-state index contributed by atoms with van der Waals surface area (Å²) in [6, 6.07) is 4.26. The number of nitrogens with one attached hydrogen (secondary N) is 1. The fourth-order valence-corrected chi connectivity index (χ4v) is 3.15. The number of rotatable bonds is 6. The Balaban J connectivity index is 1.62. The molecular weight excluding hydrogens is 352 g/mol. The van der Waals surface area contributed by atoms with Gasteiger partial charge in [0.1, 0.15) is 5.82 Å². The molecule has 6 nitrogen and oxygen atoms in total. The van der Waals surface area contributed by atoms with Gasteiger partial charge in [0, 0.05) is 44.1 Å². The number of carbonyl (C=O) groups excluding carboxylic acids is 1. The molecule has 1 aliphatic rings. The van der Waals surface area contributed by atoms with Crippen LogP contribution in [0.2, 0.25) is 0 Å². The fraction of sp³-hybridized carbons (Fsp3) is 0.526. The second-order valence-electron chi connectivity index (χ2n) is 6.95. The second-order valence-corrected chi connectivity index (χ2v) is 6.95. The van der Waals surface area contributed by atoms with E-state index in [0.29, 0.717) is 44.7 Å². The first-order valence-corrected chi connectivity index (χ1v) is 9.33. The summed E-state index contributed by atoms with van der Waals surface area (Å²) in [5.74, 6) is -0.0568. The molecule has 1 aliphatic heterocycles. The maximum atomic E-state index is 13.9. The van der Waals surface area contributed by atoms with E-state index in [-0.39, 0.29) is 11.8 Å². The van der Waals surface area contributed by atoms with Crippen LogP contribution < -0.4 is 5.32 Å². The van der Waals surface area contributed by atoms with Gasteiger partial charge in [0.15, 0.2) is 17.5 Å². The summed E-state index contributed by atoms with van der Waals surface area (Å²) in [5.41, 5.74) is 0.355. The lowest BCUT2D eigenvalue weighted by Crippen LogP contribution is -2.30. The van der Waals surface area contributed by atoms with Crippen LogP contribution in [-0.2, 0) is 30.8 Å². The van der Waals surface area contributed by atoms with E-state index in [1.165, 1.54) is 6.07 Å². The Labute approximate surface area is 157 Å². The summed E-state index contributed by atoms with van der Waals surface area (Å²) in [4.78, 5) is 14.1. The molecule has 1 aromatic carbocycles. The van der Waals surface area contributed by atoms with Gasteiger partial charge in [0.05, 0.1) is 6.54 Å². The molecule has 2 aromatic rings. The quantitative estimate of drug-likeness (QED) is 0.839. The van der Waals surface area contributed by atoms with Crippen molar-refractivity contribution in [3.8, 4) is 0 Å². The van der Waals surface area contributed by atoms with Gasteiger partial charge >= 0.3 is 0 Å². The van der Waals surface area contributed by atoms with Crippen LogP contribution in [0.15, 0.2) is 18.2 Å². The van der Waals surface area contributed by atoms with Crippen molar-refractivity contribution in [3.05, 3.63) is 47.0 Å². The smallest absolute Gasteiger partial charge is 0.223 e. The molecule has 0 radical (unpaired) electrons. The lowest BCUT2D eigenvalue weighted by molar-refractivity contribution is -0.124. The van der Waals surface area contributed by atoms with Gasteiger partial charge in [0.25, 0.3) is 0 Å². The van der Waals surface area contributed by atoms with E-state index in [4.69, 9.17) is 0 Å². The number of halogens is 2. The maximum absolute atomic E-state index is 13.9. The van der Waals surface area contributed by atoms with E-state index >= 15 is 0 Å². The molecule has 146 valence electrons. The van der Waals surface area contributed by atoms with Gasteiger partial charge in [0.2, 0.25) is 5.91 Å². The number of aromatic nitrogens is 3. The minimum Gasteiger partial charge on any atom is -0.349 e. The van der Waals surface area contributed by atoms with Crippen molar-refractivity contribution >= 4 is 5.91 Å². The molecule has 0 bridgehead atoms. The summed E-state index contributed by atoms with van der Waals surface area (Å²) in [7, 11) is 0. The third-order valence-electron chi connectivity index (χ3n) is 5.10. The largest absolute Gasteiger partial charge is 0.349 e. The van der Waals surface area contributed by atoms with Gasteiger partial charge in [-0.2, -0.15) is 0 Å². The van der Waals surface area contributed by atoms with E-state index in [0.717, 1.165) is 24.1 Å². The van der Waals surface area contributed by atoms with Gasteiger partial charge in [-0.3, -0.25) is 9.69 Å². The lowest BCUT2D eigenvalue weighted by Gasteiger charge is -2.20. The minimum absolute atomic E-state index is 0.00618. The Bertz CT molecular complexity index is 807. The molecule has 1 amide bonds. The van der Waals surface area contributed by atoms with Crippen molar-refractivity contribution < 1.29 is 13.6 Å². The summed E-state index contributed by atoms with van der Waals surface area (Å²) in [5, 5.41) is 11.3. The van der Waals surface area contributed by atoms with Crippen molar-refractivity contribution in [2.75, 3.05) is 13.1 Å². The van der Waals surface area contributed by atoms with Crippen molar-refractivity contribution in [3.63, 3.8) is 0 Å². The van der Waals surface area contributed by atoms with Gasteiger partial charge < -0.3 is 9.88 Å². The van der Waals surface area contributed by atoms with E-state index < -0.39 is 11.6 Å². The standard InChI is InChI=1S/C19H25F2N5O/c1-3-13(2)19(27)22-11-17-24-23-16-7-8-25(9-10-26(16)17)12-14-5-4-6-15(20)18(14)21/h4-6,13H,3,7-12H2,1-2H3,(H,22,27)/t13-/m1/s1. The van der Waals surface area contributed by atoms with Gasteiger partial charge in [-0.15, -0.1) is 10.2 Å². The van der Waals surface area contributed by atoms with Crippen molar-refractivity contribution in [2.45, 2.75) is 46.3 Å². The molecule has 0 spiro atoms. The number of hydrogen-bond donors (Lipinski definition) is 1. The highest BCUT2D eigenvalue weighted by Crippen LogP contribution is 2.16. The molecular formula is C19H25F2N5O. The van der Waals surface area contributed by atoms with Crippen LogP contribution in [0.3, 0.4) is 0 Å². The molecule has 1 N–H and O–H groups in total. The van der Waals surface area contributed by atoms with Gasteiger partial charge in [-0.25, -0.2) is 8.78 Å². The summed E-state index contributed by atoms with van der Waals surface area (Å²) < 4.78 is 29.4. The normalized spacial score (nSPS) is 15.9. The summed E-state index contributed by atoms with van der Waals surface area (Å²) in [6.07, 6.45) is 1.46. The molecule has 1 aromatic heterocycles.